The predicted molar refractivity (Wildman–Crippen MR) is 104 cm³/mol. The molecular weight excluding hydrogens is 412 g/mol. The van der Waals surface area contributed by atoms with Gasteiger partial charge in [0.15, 0.2) is 5.78 Å². The van der Waals surface area contributed by atoms with Crippen LogP contribution in [0.3, 0.4) is 0 Å². The van der Waals surface area contributed by atoms with Gasteiger partial charge >= 0.3 is 5.97 Å². The van der Waals surface area contributed by atoms with Crippen molar-refractivity contribution in [1.29, 1.82) is 0 Å². The van der Waals surface area contributed by atoms with E-state index in [9.17, 15) is 9.59 Å². The number of hydrogen-bond acceptors (Lipinski definition) is 6. The number of Topliss-reactive ketones (excluding diaryl/α,β-unsaturated/α-hetero) is 1. The number of piperidine rings is 3. The molecule has 3 aliphatic heterocycles. The minimum absolute atomic E-state index is 0.00470. The summed E-state index contributed by atoms with van der Waals surface area (Å²) in [6.45, 7) is 2.23. The van der Waals surface area contributed by atoms with Crippen molar-refractivity contribution in [1.82, 2.24) is 9.88 Å². The molecule has 142 valence electrons. The van der Waals surface area contributed by atoms with E-state index >= 15 is 0 Å². The van der Waals surface area contributed by atoms with Crippen LogP contribution in [0.5, 0.6) is 5.75 Å². The van der Waals surface area contributed by atoms with E-state index in [-0.39, 0.29) is 28.7 Å². The molecule has 0 radical (unpaired) electrons. The van der Waals surface area contributed by atoms with Crippen molar-refractivity contribution in [2.75, 3.05) is 13.7 Å². The van der Waals surface area contributed by atoms with Gasteiger partial charge in [-0.3, -0.25) is 19.5 Å². The molecule has 3 saturated heterocycles. The molecule has 5 atom stereocenters. The van der Waals surface area contributed by atoms with E-state index in [1.165, 1.54) is 6.92 Å². The Balaban J connectivity index is 1.81. The Hall–Kier alpha value is -1.99. The number of ketones is 1. The second kappa shape index (κ2) is 7.20. The summed E-state index contributed by atoms with van der Waals surface area (Å²) in [5, 5.41) is 0.892. The van der Waals surface area contributed by atoms with Crippen LogP contribution in [0, 0.1) is 5.92 Å². The summed E-state index contributed by atoms with van der Waals surface area (Å²) in [4.78, 5) is 30.5. The van der Waals surface area contributed by atoms with E-state index in [1.807, 2.05) is 24.3 Å². The summed E-state index contributed by atoms with van der Waals surface area (Å²) < 4.78 is 11.2. The van der Waals surface area contributed by atoms with Crippen molar-refractivity contribution in [2.45, 2.75) is 36.9 Å². The van der Waals surface area contributed by atoms with Gasteiger partial charge in [0, 0.05) is 36.5 Å². The van der Waals surface area contributed by atoms with E-state index in [0.717, 1.165) is 35.2 Å². The number of ether oxygens (including phenoxy) is 2. The third-order valence-electron chi connectivity index (χ3n) is 5.55. The maximum atomic E-state index is 12.4. The molecular formula is C20H21BrN2O4. The highest BCUT2D eigenvalue weighted by atomic mass is 79.9. The van der Waals surface area contributed by atoms with Crippen LogP contribution in [0.4, 0.5) is 0 Å². The SMILES string of the molecule is COc1ccc2nccc([C@H](OC(C)=O)[C@H]3C[C@@H]4CCN3[C@@H](Br)C4=O)c2c1. The number of pyridine rings is 1. The molecule has 1 aromatic heterocycles. The van der Waals surface area contributed by atoms with Crippen LogP contribution < -0.4 is 4.74 Å². The Bertz CT molecular complexity index is 899. The zero-order valence-corrected chi connectivity index (χ0v) is 16.8. The number of fused-ring (bicyclic) bond motifs is 4. The van der Waals surface area contributed by atoms with Crippen LogP contribution in [0.15, 0.2) is 30.5 Å². The molecule has 2 bridgehead atoms. The molecule has 0 amide bonds. The topological polar surface area (TPSA) is 68.7 Å². The first-order valence-electron chi connectivity index (χ1n) is 9.03. The van der Waals surface area contributed by atoms with Crippen molar-refractivity contribution in [3.63, 3.8) is 0 Å². The predicted octanol–water partition coefficient (Wildman–Crippen LogP) is 3.23. The molecule has 3 fully saturated rings. The fourth-order valence-electron chi connectivity index (χ4n) is 4.26. The highest BCUT2D eigenvalue weighted by Gasteiger charge is 2.49. The third-order valence-corrected chi connectivity index (χ3v) is 6.52. The van der Waals surface area contributed by atoms with Gasteiger partial charge < -0.3 is 9.47 Å². The average molecular weight is 433 g/mol. The highest BCUT2D eigenvalue weighted by Crippen LogP contribution is 2.43. The molecule has 2 aromatic rings. The number of carbonyl (C=O) groups excluding carboxylic acids is 2. The zero-order valence-electron chi connectivity index (χ0n) is 15.2. The Kier molecular flexibility index (Phi) is 4.90. The van der Waals surface area contributed by atoms with E-state index in [4.69, 9.17) is 9.47 Å². The lowest BCUT2D eigenvalue weighted by atomic mass is 9.78. The molecule has 3 aliphatic rings. The first-order chi connectivity index (χ1) is 13.0. The largest absolute Gasteiger partial charge is 0.497 e. The van der Waals surface area contributed by atoms with Gasteiger partial charge in [0.1, 0.15) is 16.8 Å². The molecule has 6 nitrogen and oxygen atoms in total. The molecule has 7 heteroatoms. The fraction of sp³-hybridized carbons (Fsp3) is 0.450. The average Bonchev–Trinajstić information content (AvgIpc) is 2.68. The van der Waals surface area contributed by atoms with Crippen molar-refractivity contribution in [2.24, 2.45) is 5.92 Å². The Morgan fingerprint density at radius 2 is 2.19 bits per heavy atom. The standard InChI is InChI=1S/C20H21BrN2O4/c1-11(24)27-19(17-9-12-6-8-23(17)20(21)18(12)25)14-5-7-22-16-4-3-13(26-2)10-15(14)16/h3-5,7,10,12,17,19-20H,6,8-9H2,1-2H3/t12-,17+,19-,20+/m0/s1. The van der Waals surface area contributed by atoms with Crippen molar-refractivity contribution in [3.8, 4) is 5.75 Å². The molecule has 27 heavy (non-hydrogen) atoms. The van der Waals surface area contributed by atoms with Gasteiger partial charge in [-0.15, -0.1) is 0 Å². The van der Waals surface area contributed by atoms with E-state index < -0.39 is 6.10 Å². The van der Waals surface area contributed by atoms with Crippen LogP contribution in [0.1, 0.15) is 31.4 Å². The molecule has 5 rings (SSSR count). The number of rotatable bonds is 4. The quantitative estimate of drug-likeness (QED) is 0.419. The smallest absolute Gasteiger partial charge is 0.303 e. The lowest BCUT2D eigenvalue weighted by Crippen LogP contribution is -2.59. The maximum absolute atomic E-state index is 12.4. The number of carbonyl (C=O) groups is 2. The molecule has 1 unspecified atom stereocenters. The lowest BCUT2D eigenvalue weighted by Gasteiger charge is -2.49. The lowest BCUT2D eigenvalue weighted by molar-refractivity contribution is -0.156. The first-order valence-corrected chi connectivity index (χ1v) is 9.94. The summed E-state index contributed by atoms with van der Waals surface area (Å²) in [6.07, 6.45) is 2.80. The van der Waals surface area contributed by atoms with E-state index in [1.54, 1.807) is 13.3 Å². The van der Waals surface area contributed by atoms with Gasteiger partial charge in [-0.2, -0.15) is 0 Å². The van der Waals surface area contributed by atoms with Crippen LogP contribution in [0.2, 0.25) is 0 Å². The van der Waals surface area contributed by atoms with Crippen LogP contribution in [-0.4, -0.2) is 46.3 Å². The number of benzene rings is 1. The van der Waals surface area contributed by atoms with Gasteiger partial charge in [-0.25, -0.2) is 0 Å². The van der Waals surface area contributed by atoms with Gasteiger partial charge in [-0.05, 0) is 37.1 Å². The monoisotopic (exact) mass is 432 g/mol. The van der Waals surface area contributed by atoms with Gasteiger partial charge in [0.2, 0.25) is 0 Å². The molecule has 4 heterocycles. The van der Waals surface area contributed by atoms with Crippen molar-refractivity contribution in [3.05, 3.63) is 36.0 Å². The fourth-order valence-corrected chi connectivity index (χ4v) is 5.14. The van der Waals surface area contributed by atoms with E-state index in [2.05, 4.69) is 25.8 Å². The number of alkyl halides is 1. The van der Waals surface area contributed by atoms with Gasteiger partial charge in [0.05, 0.1) is 18.7 Å². The number of nitrogens with zero attached hydrogens (tertiary/aromatic N) is 2. The highest BCUT2D eigenvalue weighted by molar-refractivity contribution is 9.09. The molecule has 0 aliphatic carbocycles. The minimum Gasteiger partial charge on any atom is -0.497 e. The summed E-state index contributed by atoms with van der Waals surface area (Å²) in [6, 6.07) is 7.50. The van der Waals surface area contributed by atoms with E-state index in [0.29, 0.717) is 6.42 Å². The zero-order chi connectivity index (χ0) is 19.1. The number of esters is 1. The first kappa shape index (κ1) is 18.4. The van der Waals surface area contributed by atoms with Crippen LogP contribution in [0.25, 0.3) is 10.9 Å². The Morgan fingerprint density at radius 1 is 1.37 bits per heavy atom. The molecule has 0 spiro atoms. The van der Waals surface area contributed by atoms with Gasteiger partial charge in [-0.1, -0.05) is 15.9 Å². The summed E-state index contributed by atoms with van der Waals surface area (Å²) >= 11 is 3.53. The number of methoxy groups -OCH3 is 1. The number of halogens is 1. The van der Waals surface area contributed by atoms with Crippen molar-refractivity contribution < 1.29 is 19.1 Å². The minimum atomic E-state index is -0.476. The van der Waals surface area contributed by atoms with Crippen LogP contribution in [-0.2, 0) is 14.3 Å². The second-order valence-electron chi connectivity index (χ2n) is 7.08. The number of hydrogen-bond donors (Lipinski definition) is 0. The van der Waals surface area contributed by atoms with Gasteiger partial charge in [0.25, 0.3) is 0 Å². The van der Waals surface area contributed by atoms with Crippen LogP contribution >= 0.6 is 15.9 Å². The molecule has 0 N–H and O–H groups in total. The summed E-state index contributed by atoms with van der Waals surface area (Å²) in [5.41, 5.74) is 1.70. The summed E-state index contributed by atoms with van der Waals surface area (Å²) in [5.74, 6) is 0.607. The molecule has 0 saturated carbocycles. The third kappa shape index (κ3) is 3.23. The normalized spacial score (nSPS) is 28.2. The van der Waals surface area contributed by atoms with Crippen molar-refractivity contribution >= 4 is 38.6 Å². The Labute approximate surface area is 166 Å². The second-order valence-corrected chi connectivity index (χ2v) is 7.95. The Morgan fingerprint density at radius 3 is 2.89 bits per heavy atom. The summed E-state index contributed by atoms with van der Waals surface area (Å²) in [7, 11) is 1.62. The molecule has 1 aromatic carbocycles. The number of aromatic nitrogens is 1. The maximum Gasteiger partial charge on any atom is 0.303 e.